The van der Waals surface area contributed by atoms with Crippen LogP contribution in [0.5, 0.6) is 0 Å². The molecule has 2 aliphatic heterocycles. The SMILES string of the molecule is CC(C)(C)OC(=O)N1C(C=Cc2cc(N3CCCc4ccccc4C3)nc3ccccc23)COC1(C)C. The average Bonchev–Trinajstić information content (AvgIpc) is 3.00. The Kier molecular flexibility index (Phi) is 6.71. The molecule has 6 heteroatoms. The number of pyridine rings is 1. The van der Waals surface area contributed by atoms with Gasteiger partial charge in [0.1, 0.15) is 17.1 Å². The van der Waals surface area contributed by atoms with Crippen molar-refractivity contribution in [2.75, 3.05) is 18.1 Å². The van der Waals surface area contributed by atoms with Gasteiger partial charge in [-0.05, 0) is 76.3 Å². The maximum absolute atomic E-state index is 13.1. The quantitative estimate of drug-likeness (QED) is 0.408. The number of ether oxygens (including phenoxy) is 2. The van der Waals surface area contributed by atoms with E-state index >= 15 is 0 Å². The summed E-state index contributed by atoms with van der Waals surface area (Å²) in [6.07, 6.45) is 5.97. The second kappa shape index (κ2) is 9.82. The van der Waals surface area contributed by atoms with Gasteiger partial charge in [0.05, 0.1) is 18.2 Å². The van der Waals surface area contributed by atoms with Crippen LogP contribution in [0.2, 0.25) is 0 Å². The van der Waals surface area contributed by atoms with Crippen LogP contribution >= 0.6 is 0 Å². The van der Waals surface area contributed by atoms with Crippen LogP contribution in [0.3, 0.4) is 0 Å². The zero-order chi connectivity index (χ0) is 26.2. The molecule has 2 aliphatic rings. The molecule has 1 aromatic heterocycles. The number of fused-ring (bicyclic) bond motifs is 2. The molecule has 0 radical (unpaired) electrons. The number of benzene rings is 2. The first-order valence-electron chi connectivity index (χ1n) is 13.2. The van der Waals surface area contributed by atoms with E-state index in [1.807, 2.05) is 46.8 Å². The van der Waals surface area contributed by atoms with E-state index in [4.69, 9.17) is 14.5 Å². The first-order chi connectivity index (χ1) is 17.6. The molecule has 2 aromatic carbocycles. The lowest BCUT2D eigenvalue weighted by molar-refractivity contribution is -0.0610. The molecule has 3 aromatic rings. The Morgan fingerprint density at radius 1 is 1.11 bits per heavy atom. The van der Waals surface area contributed by atoms with Crippen molar-refractivity contribution in [2.24, 2.45) is 0 Å². The summed E-state index contributed by atoms with van der Waals surface area (Å²) < 4.78 is 11.7. The summed E-state index contributed by atoms with van der Waals surface area (Å²) in [5.41, 5.74) is 3.51. The Bertz CT molecular complexity index is 1320. The van der Waals surface area contributed by atoms with Gasteiger partial charge in [0.2, 0.25) is 0 Å². The van der Waals surface area contributed by atoms with Crippen molar-refractivity contribution >= 4 is 28.9 Å². The molecule has 0 bridgehead atoms. The van der Waals surface area contributed by atoms with Gasteiger partial charge in [0.25, 0.3) is 0 Å². The molecule has 194 valence electrons. The van der Waals surface area contributed by atoms with Gasteiger partial charge in [-0.3, -0.25) is 4.90 Å². The van der Waals surface area contributed by atoms with Crippen LogP contribution in [-0.2, 0) is 22.4 Å². The zero-order valence-corrected chi connectivity index (χ0v) is 22.5. The highest BCUT2D eigenvalue weighted by molar-refractivity contribution is 5.89. The van der Waals surface area contributed by atoms with Crippen LogP contribution in [0, 0.1) is 0 Å². The number of hydrogen-bond donors (Lipinski definition) is 0. The molecule has 1 atom stereocenters. The van der Waals surface area contributed by atoms with Gasteiger partial charge in [-0.15, -0.1) is 0 Å². The fourth-order valence-electron chi connectivity index (χ4n) is 5.24. The lowest BCUT2D eigenvalue weighted by atomic mass is 10.0. The standard InChI is InChI=1S/C31H37N3O3/c1-30(2,3)37-29(35)34-25(21-36-31(34,4)5)17-16-23-19-28(32-27-15-9-8-14-26(23)27)33-18-10-13-22-11-6-7-12-24(22)20-33/h6-9,11-12,14-17,19,25H,10,13,18,20-21H2,1-5H3. The predicted molar refractivity (Wildman–Crippen MR) is 148 cm³/mol. The summed E-state index contributed by atoms with van der Waals surface area (Å²) in [5, 5.41) is 1.08. The highest BCUT2D eigenvalue weighted by atomic mass is 16.6. The summed E-state index contributed by atoms with van der Waals surface area (Å²) >= 11 is 0. The molecule has 5 rings (SSSR count). The highest BCUT2D eigenvalue weighted by Crippen LogP contribution is 2.32. The Morgan fingerprint density at radius 2 is 1.84 bits per heavy atom. The Balaban J connectivity index is 1.47. The van der Waals surface area contributed by atoms with Crippen molar-refractivity contribution < 1.29 is 14.3 Å². The fraction of sp³-hybridized carbons (Fsp3) is 0.419. The van der Waals surface area contributed by atoms with Gasteiger partial charge in [-0.2, -0.15) is 0 Å². The van der Waals surface area contributed by atoms with E-state index < -0.39 is 11.3 Å². The van der Waals surface area contributed by atoms with E-state index in [0.717, 1.165) is 48.2 Å². The van der Waals surface area contributed by atoms with E-state index in [-0.39, 0.29) is 12.1 Å². The molecule has 1 saturated heterocycles. The minimum absolute atomic E-state index is 0.231. The molecular weight excluding hydrogens is 462 g/mol. The van der Waals surface area contributed by atoms with E-state index in [9.17, 15) is 4.79 Å². The first-order valence-corrected chi connectivity index (χ1v) is 13.2. The molecular formula is C31H37N3O3. The van der Waals surface area contributed by atoms with Crippen molar-refractivity contribution in [3.8, 4) is 0 Å². The summed E-state index contributed by atoms with van der Waals surface area (Å²) in [4.78, 5) is 22.2. The molecule has 1 unspecified atom stereocenters. The molecule has 0 N–H and O–H groups in total. The van der Waals surface area contributed by atoms with Crippen molar-refractivity contribution in [1.82, 2.24) is 9.88 Å². The van der Waals surface area contributed by atoms with Crippen LogP contribution in [0.15, 0.2) is 60.7 Å². The summed E-state index contributed by atoms with van der Waals surface area (Å²) in [5.74, 6) is 0.974. The normalized spacial score (nSPS) is 19.8. The van der Waals surface area contributed by atoms with Gasteiger partial charge in [-0.25, -0.2) is 9.78 Å². The molecule has 6 nitrogen and oxygen atoms in total. The highest BCUT2D eigenvalue weighted by Gasteiger charge is 2.44. The number of rotatable bonds is 3. The van der Waals surface area contributed by atoms with Gasteiger partial charge in [-0.1, -0.05) is 54.6 Å². The van der Waals surface area contributed by atoms with Crippen molar-refractivity contribution in [3.05, 3.63) is 77.4 Å². The Morgan fingerprint density at radius 3 is 2.62 bits per heavy atom. The van der Waals surface area contributed by atoms with Crippen molar-refractivity contribution in [2.45, 2.75) is 71.4 Å². The number of nitrogens with zero attached hydrogens (tertiary/aromatic N) is 3. The predicted octanol–water partition coefficient (Wildman–Crippen LogP) is 6.57. The monoisotopic (exact) mass is 499 g/mol. The maximum Gasteiger partial charge on any atom is 0.413 e. The third-order valence-corrected chi connectivity index (χ3v) is 7.02. The molecule has 0 aliphatic carbocycles. The number of hydrogen-bond acceptors (Lipinski definition) is 5. The van der Waals surface area contributed by atoms with Gasteiger partial charge < -0.3 is 14.4 Å². The van der Waals surface area contributed by atoms with Gasteiger partial charge in [0, 0.05) is 18.5 Å². The third-order valence-electron chi connectivity index (χ3n) is 7.02. The van der Waals surface area contributed by atoms with Crippen LogP contribution in [0.1, 0.15) is 57.7 Å². The van der Waals surface area contributed by atoms with E-state index in [1.165, 1.54) is 11.1 Å². The average molecular weight is 500 g/mol. The lowest BCUT2D eigenvalue weighted by Crippen LogP contribution is -2.49. The number of carbonyl (C=O) groups excluding carboxylic acids is 1. The van der Waals surface area contributed by atoms with Gasteiger partial charge >= 0.3 is 6.09 Å². The molecule has 1 fully saturated rings. The second-order valence-electron chi connectivity index (χ2n) is 11.4. The first kappa shape index (κ1) is 25.3. The van der Waals surface area contributed by atoms with Crippen molar-refractivity contribution in [3.63, 3.8) is 0 Å². The number of aryl methyl sites for hydroxylation is 1. The van der Waals surface area contributed by atoms with E-state index in [1.54, 1.807) is 4.90 Å². The summed E-state index contributed by atoms with van der Waals surface area (Å²) in [7, 11) is 0. The molecule has 0 saturated carbocycles. The minimum atomic E-state index is -0.748. The third kappa shape index (κ3) is 5.49. The van der Waals surface area contributed by atoms with Crippen LogP contribution < -0.4 is 4.90 Å². The molecule has 0 spiro atoms. The molecule has 37 heavy (non-hydrogen) atoms. The van der Waals surface area contributed by atoms with E-state index in [2.05, 4.69) is 59.5 Å². The van der Waals surface area contributed by atoms with Crippen molar-refractivity contribution in [1.29, 1.82) is 0 Å². The zero-order valence-electron chi connectivity index (χ0n) is 22.5. The molecule has 1 amide bonds. The van der Waals surface area contributed by atoms with Crippen LogP contribution in [0.4, 0.5) is 10.6 Å². The number of carbonyl (C=O) groups is 1. The van der Waals surface area contributed by atoms with E-state index in [0.29, 0.717) is 6.61 Å². The maximum atomic E-state index is 13.1. The second-order valence-corrected chi connectivity index (χ2v) is 11.4. The van der Waals surface area contributed by atoms with Gasteiger partial charge in [0.15, 0.2) is 0 Å². The smallest absolute Gasteiger partial charge is 0.413 e. The topological polar surface area (TPSA) is 54.9 Å². The fourth-order valence-corrected chi connectivity index (χ4v) is 5.24. The Hall–Kier alpha value is -3.38. The number of aromatic nitrogens is 1. The van der Waals surface area contributed by atoms with Crippen LogP contribution in [0.25, 0.3) is 17.0 Å². The minimum Gasteiger partial charge on any atom is -0.444 e. The van der Waals surface area contributed by atoms with Crippen LogP contribution in [-0.4, -0.2) is 46.5 Å². The molecule has 3 heterocycles. The number of anilines is 1. The summed E-state index contributed by atoms with van der Waals surface area (Å²) in [6.45, 7) is 11.7. The summed E-state index contributed by atoms with van der Waals surface area (Å²) in [6, 6.07) is 18.9. The Labute approximate surface area is 219 Å². The lowest BCUT2D eigenvalue weighted by Gasteiger charge is -2.34. The number of para-hydroxylation sites is 1. The largest absolute Gasteiger partial charge is 0.444 e. The number of amides is 1.